The molecule has 0 aromatic heterocycles. The molecular weight excluding hydrogens is 447 g/mol. The van der Waals surface area contributed by atoms with Crippen LogP contribution >= 0.6 is 12.0 Å². The van der Waals surface area contributed by atoms with Crippen LogP contribution in [0.3, 0.4) is 0 Å². The fourth-order valence-corrected chi connectivity index (χ4v) is 1.63. The van der Waals surface area contributed by atoms with Crippen LogP contribution in [0.25, 0.3) is 0 Å². The molecule has 1 unspecified atom stereocenters. The van der Waals surface area contributed by atoms with Crippen LogP contribution in [0.2, 0.25) is 0 Å². The summed E-state index contributed by atoms with van der Waals surface area (Å²) in [7, 11) is 0. The Hall–Kier alpha value is 1.98. The summed E-state index contributed by atoms with van der Waals surface area (Å²) >= 11 is -6.59. The van der Waals surface area contributed by atoms with Gasteiger partial charge in [0, 0.05) is 11.1 Å². The molecule has 0 aliphatic heterocycles. The van der Waals surface area contributed by atoms with Crippen LogP contribution in [-0.4, -0.2) is 25.2 Å². The molecule has 0 aliphatic rings. The zero-order valence-electron chi connectivity index (χ0n) is 13.9. The maximum atomic E-state index is 12.3. The molecule has 134 valence electrons. The van der Waals surface area contributed by atoms with Gasteiger partial charge in [0.2, 0.25) is 0 Å². The van der Waals surface area contributed by atoms with Crippen molar-refractivity contribution in [2.24, 2.45) is 0 Å². The number of hydrogen-bond acceptors (Lipinski definition) is 6. The van der Waals surface area contributed by atoms with E-state index in [0.29, 0.717) is 0 Å². The van der Waals surface area contributed by atoms with Crippen LogP contribution in [0.4, 0.5) is 26.3 Å². The van der Waals surface area contributed by atoms with Crippen LogP contribution in [0.5, 0.6) is 5.75 Å². The summed E-state index contributed by atoms with van der Waals surface area (Å²) in [5.74, 6) is -6.20. The molecule has 0 amide bonds. The number of rotatable bonds is 5. The van der Waals surface area contributed by atoms with Gasteiger partial charge in [0.1, 0.15) is 0 Å². The van der Waals surface area contributed by atoms with E-state index in [1.165, 1.54) is 0 Å². The van der Waals surface area contributed by atoms with E-state index >= 15 is 0 Å². The van der Waals surface area contributed by atoms with Crippen LogP contribution < -0.4 is 99.0 Å². The van der Waals surface area contributed by atoms with Crippen molar-refractivity contribution >= 4 is 23.1 Å². The summed E-state index contributed by atoms with van der Waals surface area (Å²) in [6, 6.07) is 6.75. The largest absolute Gasteiger partial charge is 1.00 e. The van der Waals surface area contributed by atoms with Gasteiger partial charge < -0.3 is 19.3 Å². The molecule has 0 saturated heterocycles. The standard InChI is InChI=1S/C7H8O.C3H2F6O4S2.3Na/c1-6-2-4-7(8)5-3-6;4-1(5,2(6,7)14-13-10)3(8,9)15(11)12;;;/h2-5,8H,1H3;10H,(H,11,12);;;/q;;3*+1/p-3. The normalized spacial score (nSPS) is 12.3. The Morgan fingerprint density at radius 2 is 1.38 bits per heavy atom. The molecule has 0 fully saturated rings. The molecule has 1 atom stereocenters. The van der Waals surface area contributed by atoms with Gasteiger partial charge >= 0.3 is 105 Å². The third-order valence-electron chi connectivity index (χ3n) is 2.10. The van der Waals surface area contributed by atoms with E-state index in [2.05, 4.69) is 4.33 Å². The second-order valence-corrected chi connectivity index (χ2v) is 5.60. The summed E-state index contributed by atoms with van der Waals surface area (Å²) in [6.45, 7) is 1.96. The predicted octanol–water partition coefficient (Wildman–Crippen LogP) is -7.29. The van der Waals surface area contributed by atoms with Gasteiger partial charge in [0.05, 0.1) is 12.0 Å². The molecule has 0 bridgehead atoms. The zero-order valence-corrected chi connectivity index (χ0v) is 21.6. The molecule has 0 radical (unpaired) electrons. The van der Waals surface area contributed by atoms with Gasteiger partial charge in [0.25, 0.3) is 0 Å². The van der Waals surface area contributed by atoms with Gasteiger partial charge in [-0.15, -0.1) is 5.75 Å². The van der Waals surface area contributed by atoms with E-state index in [1.54, 1.807) is 12.1 Å². The minimum atomic E-state index is -6.28. The van der Waals surface area contributed by atoms with Crippen LogP contribution in [-0.2, 0) is 15.4 Å². The van der Waals surface area contributed by atoms with Crippen molar-refractivity contribution in [3.63, 3.8) is 0 Å². The first kappa shape index (κ1) is 35.4. The predicted molar refractivity (Wildman–Crippen MR) is 63.1 cm³/mol. The quantitative estimate of drug-likeness (QED) is 0.110. The van der Waals surface area contributed by atoms with E-state index in [-0.39, 0.29) is 94.4 Å². The van der Waals surface area contributed by atoms with Crippen molar-refractivity contribution in [3.05, 3.63) is 29.8 Å². The Bertz CT molecular complexity index is 517. The molecule has 0 spiro atoms. The smallest absolute Gasteiger partial charge is 0.872 e. The maximum absolute atomic E-state index is 12.3. The number of hydrogen-bond donors (Lipinski definition) is 0. The average Bonchev–Trinajstić information content (AvgIpc) is 2.42. The van der Waals surface area contributed by atoms with Gasteiger partial charge in [-0.2, -0.15) is 26.3 Å². The third-order valence-corrected chi connectivity index (χ3v) is 3.31. The molecular formula is C10H7F6Na3O5S2. The monoisotopic (exact) mass is 454 g/mol. The first-order valence-corrected chi connectivity index (χ1v) is 7.05. The number of aryl methyl sites for hydroxylation is 1. The molecule has 0 aliphatic carbocycles. The molecule has 26 heavy (non-hydrogen) atoms. The Morgan fingerprint density at radius 3 is 1.65 bits per heavy atom. The van der Waals surface area contributed by atoms with Gasteiger partial charge in [-0.25, -0.2) is 0 Å². The van der Waals surface area contributed by atoms with Crippen molar-refractivity contribution in [2.75, 3.05) is 0 Å². The molecule has 1 aromatic rings. The van der Waals surface area contributed by atoms with Gasteiger partial charge in [-0.1, -0.05) is 29.8 Å². The second kappa shape index (κ2) is 14.9. The minimum Gasteiger partial charge on any atom is -0.872 e. The topological polar surface area (TPSA) is 95.5 Å². The Labute approximate surface area is 217 Å². The van der Waals surface area contributed by atoms with Crippen molar-refractivity contribution in [3.8, 4) is 5.75 Å². The fourth-order valence-electron chi connectivity index (χ4n) is 0.907. The molecule has 5 nitrogen and oxygen atoms in total. The van der Waals surface area contributed by atoms with E-state index in [4.69, 9.17) is 5.26 Å². The van der Waals surface area contributed by atoms with Crippen LogP contribution in [0.15, 0.2) is 24.3 Å². The summed E-state index contributed by atoms with van der Waals surface area (Å²) in [4.78, 5) is 0. The van der Waals surface area contributed by atoms with Crippen molar-refractivity contribution < 1.29 is 138 Å². The average molecular weight is 454 g/mol. The zero-order chi connectivity index (χ0) is 18.5. The Balaban J connectivity index is -0.000000189. The van der Waals surface area contributed by atoms with Gasteiger partial charge in [-0.3, -0.25) is 4.21 Å². The van der Waals surface area contributed by atoms with Crippen molar-refractivity contribution in [2.45, 2.75) is 23.4 Å². The van der Waals surface area contributed by atoms with Gasteiger partial charge in [-0.05, 0) is 6.92 Å². The summed E-state index contributed by atoms with van der Waals surface area (Å²) in [5, 5.41) is 7.85. The summed E-state index contributed by atoms with van der Waals surface area (Å²) < 4.78 is 94.7. The minimum absolute atomic E-state index is 0. The second-order valence-electron chi connectivity index (χ2n) is 3.81. The molecule has 0 heterocycles. The van der Waals surface area contributed by atoms with Crippen LogP contribution in [0, 0.1) is 6.92 Å². The SMILES string of the molecule is Cc1ccc([O-])cc1.O=S([O-])C(F)(F)C(F)(F)C(F)(F)SO[O-].[Na+].[Na+].[Na+]. The Morgan fingerprint density at radius 1 is 1.00 bits per heavy atom. The Kier molecular flexibility index (Phi) is 20.3. The first-order chi connectivity index (χ1) is 10.3. The van der Waals surface area contributed by atoms with Crippen LogP contribution in [0.1, 0.15) is 5.56 Å². The number of benzene rings is 1. The molecule has 16 heteroatoms. The van der Waals surface area contributed by atoms with E-state index in [1.807, 2.05) is 19.1 Å². The van der Waals surface area contributed by atoms with E-state index in [9.17, 15) is 40.2 Å². The molecule has 1 aromatic carbocycles. The van der Waals surface area contributed by atoms with E-state index < -0.39 is 39.6 Å². The molecule has 1 rings (SSSR count). The summed E-state index contributed by atoms with van der Waals surface area (Å²) in [5.41, 5.74) is 1.13. The van der Waals surface area contributed by atoms with E-state index in [0.717, 1.165) is 5.56 Å². The number of halogens is 6. The van der Waals surface area contributed by atoms with Gasteiger partial charge in [0.15, 0.2) is 0 Å². The van der Waals surface area contributed by atoms with Crippen molar-refractivity contribution in [1.29, 1.82) is 0 Å². The fraction of sp³-hybridized carbons (Fsp3) is 0.400. The third kappa shape index (κ3) is 10.1. The summed E-state index contributed by atoms with van der Waals surface area (Å²) in [6.07, 6.45) is 0. The van der Waals surface area contributed by atoms with Crippen molar-refractivity contribution in [1.82, 2.24) is 0 Å². The number of alkyl halides is 6. The first-order valence-electron chi connectivity index (χ1n) is 5.23. The molecule has 0 N–H and O–H groups in total. The maximum Gasteiger partial charge on any atom is 1.00 e. The molecule has 0 saturated carbocycles.